The first kappa shape index (κ1) is 23.7. The number of nitrogens with zero attached hydrogens (tertiary/aromatic N) is 6. The number of likely N-dealkylation sites (tertiary alicyclic amines) is 1. The molecular weight excluding hydrogens is 456 g/mol. The van der Waals surface area contributed by atoms with Crippen molar-refractivity contribution in [2.45, 2.75) is 51.6 Å². The number of carbonyl (C=O) groups is 1. The van der Waals surface area contributed by atoms with Gasteiger partial charge in [0.25, 0.3) is 0 Å². The maximum atomic E-state index is 12.3. The van der Waals surface area contributed by atoms with E-state index in [0.29, 0.717) is 30.1 Å². The molecule has 36 heavy (non-hydrogen) atoms. The number of aliphatic hydroxyl groups excluding tert-OH is 1. The van der Waals surface area contributed by atoms with Crippen molar-refractivity contribution in [3.8, 4) is 22.6 Å². The van der Waals surface area contributed by atoms with Crippen LogP contribution in [-0.4, -0.2) is 64.2 Å². The van der Waals surface area contributed by atoms with Crippen LogP contribution in [0.4, 0.5) is 5.82 Å². The minimum Gasteiger partial charge on any atom is -0.387 e. The average molecular weight is 487 g/mol. The lowest BCUT2D eigenvalue weighted by Crippen LogP contribution is -2.50. The molecule has 0 aromatic carbocycles. The molecule has 10 heteroatoms. The molecule has 5 rings (SSSR count). The van der Waals surface area contributed by atoms with Crippen LogP contribution in [0, 0.1) is 0 Å². The Kier molecular flexibility index (Phi) is 6.05. The third kappa shape index (κ3) is 3.93. The highest BCUT2D eigenvalue weighted by molar-refractivity contribution is 5.82. The summed E-state index contributed by atoms with van der Waals surface area (Å²) in [6.07, 6.45) is 8.40. The summed E-state index contributed by atoms with van der Waals surface area (Å²) in [5.41, 5.74) is 12.2. The lowest BCUT2D eigenvalue weighted by Gasteiger charge is -2.42. The number of allylic oxidation sites excluding steroid dienone is 1. The Labute approximate surface area is 208 Å². The number of nitrogen functional groups attached to an aromatic ring is 1. The molecule has 3 atom stereocenters. The van der Waals surface area contributed by atoms with Gasteiger partial charge >= 0.3 is 0 Å². The number of amides is 1. The first-order valence-electron chi connectivity index (χ1n) is 12.0. The standard InChI is InChI=1S/C26H30N8O2/c1-14(2)22-23(18-9-15(3)33(16(4)10-18)21(36)13-35)32-26-19(12-31-34(26)24(22)27)17-5-6-20(30-11-17)25-28-7-8-29-25/h5-8,11-12,15-16,18,35H,1,9-10,13,27H2,2-4H3,(H,28,29)/t15-,16?,18?/m0/s1. The number of aromatic amines is 1. The molecule has 10 nitrogen and oxygen atoms in total. The maximum absolute atomic E-state index is 12.3. The largest absolute Gasteiger partial charge is 0.387 e. The van der Waals surface area contributed by atoms with Crippen LogP contribution in [0.15, 0.2) is 43.5 Å². The van der Waals surface area contributed by atoms with E-state index in [-0.39, 0.29) is 23.9 Å². The Hall–Kier alpha value is -4.05. The summed E-state index contributed by atoms with van der Waals surface area (Å²) in [6, 6.07) is 3.79. The zero-order chi connectivity index (χ0) is 25.6. The third-order valence-electron chi connectivity index (χ3n) is 6.96. The number of nitrogens with two attached hydrogens (primary N) is 1. The number of hydrogen-bond acceptors (Lipinski definition) is 7. The molecule has 5 heterocycles. The molecule has 4 aromatic heterocycles. The average Bonchev–Trinajstić information content (AvgIpc) is 3.54. The highest BCUT2D eigenvalue weighted by Crippen LogP contribution is 2.40. The van der Waals surface area contributed by atoms with Crippen molar-refractivity contribution in [1.29, 1.82) is 0 Å². The van der Waals surface area contributed by atoms with Crippen LogP contribution in [0.25, 0.3) is 33.9 Å². The smallest absolute Gasteiger partial charge is 0.248 e. The minimum absolute atomic E-state index is 0.0432. The number of nitrogens with one attached hydrogen (secondary N) is 1. The lowest BCUT2D eigenvalue weighted by atomic mass is 9.82. The van der Waals surface area contributed by atoms with Crippen LogP contribution in [0.5, 0.6) is 0 Å². The summed E-state index contributed by atoms with van der Waals surface area (Å²) >= 11 is 0. The molecule has 1 aliphatic heterocycles. The van der Waals surface area contributed by atoms with Crippen molar-refractivity contribution in [1.82, 2.24) is 34.4 Å². The summed E-state index contributed by atoms with van der Waals surface area (Å²) in [4.78, 5) is 31.1. The Balaban J connectivity index is 1.58. The Morgan fingerprint density at radius 2 is 1.97 bits per heavy atom. The molecular formula is C26H30N8O2. The van der Waals surface area contributed by atoms with E-state index in [2.05, 4.69) is 26.6 Å². The molecule has 4 aromatic rings. The molecule has 1 amide bonds. The van der Waals surface area contributed by atoms with Gasteiger partial charge in [-0.15, -0.1) is 0 Å². The summed E-state index contributed by atoms with van der Waals surface area (Å²) in [7, 11) is 0. The van der Waals surface area contributed by atoms with Gasteiger partial charge in [0.2, 0.25) is 5.91 Å². The Bertz CT molecular complexity index is 1410. The van der Waals surface area contributed by atoms with Crippen LogP contribution in [0.3, 0.4) is 0 Å². The number of H-pyrrole nitrogens is 1. The molecule has 0 saturated carbocycles. The zero-order valence-electron chi connectivity index (χ0n) is 20.6. The number of carbonyl (C=O) groups excluding carboxylic acids is 1. The second-order valence-electron chi connectivity index (χ2n) is 9.53. The van der Waals surface area contributed by atoms with Gasteiger partial charge in [0.05, 0.1) is 11.9 Å². The van der Waals surface area contributed by atoms with E-state index in [1.165, 1.54) is 0 Å². The van der Waals surface area contributed by atoms with Crippen molar-refractivity contribution < 1.29 is 9.90 Å². The highest BCUT2D eigenvalue weighted by atomic mass is 16.3. The van der Waals surface area contributed by atoms with Gasteiger partial charge in [-0.05, 0) is 45.3 Å². The minimum atomic E-state index is -0.487. The number of piperidine rings is 1. The van der Waals surface area contributed by atoms with E-state index in [9.17, 15) is 9.90 Å². The molecule has 1 aliphatic rings. The van der Waals surface area contributed by atoms with Crippen LogP contribution in [0.2, 0.25) is 0 Å². The third-order valence-corrected chi connectivity index (χ3v) is 6.96. The molecule has 4 N–H and O–H groups in total. The van der Waals surface area contributed by atoms with Crippen molar-refractivity contribution in [2.75, 3.05) is 12.3 Å². The molecule has 0 radical (unpaired) electrons. The predicted octanol–water partition coefficient (Wildman–Crippen LogP) is 3.27. The molecule has 1 fully saturated rings. The molecule has 2 unspecified atom stereocenters. The van der Waals surface area contributed by atoms with Crippen molar-refractivity contribution in [3.05, 3.63) is 54.8 Å². The lowest BCUT2D eigenvalue weighted by molar-refractivity contribution is -0.140. The fraction of sp³-hybridized carbons (Fsp3) is 0.346. The van der Waals surface area contributed by atoms with Crippen molar-refractivity contribution >= 4 is 22.9 Å². The number of hydrogen-bond donors (Lipinski definition) is 3. The van der Waals surface area contributed by atoms with Gasteiger partial charge in [-0.25, -0.2) is 9.97 Å². The summed E-state index contributed by atoms with van der Waals surface area (Å²) in [6.45, 7) is 9.61. The first-order chi connectivity index (χ1) is 17.3. The quantitative estimate of drug-likeness (QED) is 0.393. The van der Waals surface area contributed by atoms with Gasteiger partial charge in [-0.3, -0.25) is 9.78 Å². The molecule has 0 bridgehead atoms. The molecule has 1 saturated heterocycles. The fourth-order valence-corrected chi connectivity index (χ4v) is 5.45. The number of anilines is 1. The second kappa shape index (κ2) is 9.19. The van der Waals surface area contributed by atoms with E-state index < -0.39 is 6.61 Å². The zero-order valence-corrected chi connectivity index (χ0v) is 20.6. The summed E-state index contributed by atoms with van der Waals surface area (Å²) in [5, 5.41) is 13.9. The maximum Gasteiger partial charge on any atom is 0.248 e. The molecule has 0 spiro atoms. The number of aliphatic hydroxyl groups is 1. The molecule has 186 valence electrons. The van der Waals surface area contributed by atoms with Crippen LogP contribution >= 0.6 is 0 Å². The number of imidazole rings is 1. The van der Waals surface area contributed by atoms with Gasteiger partial charge < -0.3 is 20.7 Å². The van der Waals surface area contributed by atoms with E-state index >= 15 is 0 Å². The normalized spacial score (nSPS) is 20.1. The first-order valence-corrected chi connectivity index (χ1v) is 12.0. The Morgan fingerprint density at radius 3 is 2.56 bits per heavy atom. The number of fused-ring (bicyclic) bond motifs is 1. The monoisotopic (exact) mass is 486 g/mol. The number of aromatic nitrogens is 6. The summed E-state index contributed by atoms with van der Waals surface area (Å²) in [5.74, 6) is 1.01. The van der Waals surface area contributed by atoms with Gasteiger partial charge in [0.15, 0.2) is 11.5 Å². The van der Waals surface area contributed by atoms with Crippen LogP contribution in [-0.2, 0) is 4.79 Å². The SMILES string of the molecule is C=C(C)c1c(C2CC(C)N(C(=O)CO)[C@@H](C)C2)nc2c(-c3ccc(-c4ncc[nH]4)nc3)cnn2c1N. The van der Waals surface area contributed by atoms with E-state index in [4.69, 9.17) is 10.7 Å². The van der Waals surface area contributed by atoms with Crippen molar-refractivity contribution in [3.63, 3.8) is 0 Å². The van der Waals surface area contributed by atoms with Crippen molar-refractivity contribution in [2.24, 2.45) is 0 Å². The van der Waals surface area contributed by atoms with E-state index in [1.807, 2.05) is 32.9 Å². The number of rotatable bonds is 5. The predicted molar refractivity (Wildman–Crippen MR) is 138 cm³/mol. The van der Waals surface area contributed by atoms with Crippen LogP contribution in [0.1, 0.15) is 50.8 Å². The van der Waals surface area contributed by atoms with E-state index in [1.54, 1.807) is 34.2 Å². The summed E-state index contributed by atoms with van der Waals surface area (Å²) < 4.78 is 1.65. The molecule has 0 aliphatic carbocycles. The Morgan fingerprint density at radius 1 is 1.22 bits per heavy atom. The van der Waals surface area contributed by atoms with Gasteiger partial charge in [-0.1, -0.05) is 12.6 Å². The fourth-order valence-electron chi connectivity index (χ4n) is 5.45. The van der Waals surface area contributed by atoms with E-state index in [0.717, 1.165) is 33.7 Å². The highest BCUT2D eigenvalue weighted by Gasteiger charge is 2.36. The second-order valence-corrected chi connectivity index (χ2v) is 9.53. The van der Waals surface area contributed by atoms with Gasteiger partial charge in [-0.2, -0.15) is 9.61 Å². The van der Waals surface area contributed by atoms with Crippen LogP contribution < -0.4 is 5.73 Å². The van der Waals surface area contributed by atoms with Gasteiger partial charge in [0.1, 0.15) is 18.1 Å². The topological polar surface area (TPSA) is 138 Å². The van der Waals surface area contributed by atoms with Gasteiger partial charge in [0, 0.05) is 53.3 Å². The number of pyridine rings is 1.